The van der Waals surface area contributed by atoms with Crippen molar-refractivity contribution in [3.63, 3.8) is 0 Å². The Morgan fingerprint density at radius 2 is 2.00 bits per heavy atom. The van der Waals surface area contributed by atoms with E-state index >= 15 is 0 Å². The van der Waals surface area contributed by atoms with Crippen LogP contribution < -0.4 is 5.32 Å². The van der Waals surface area contributed by atoms with Crippen LogP contribution in [-0.2, 0) is 4.79 Å². The van der Waals surface area contributed by atoms with E-state index in [1.165, 1.54) is 6.20 Å². The molecule has 0 saturated carbocycles. The zero-order valence-corrected chi connectivity index (χ0v) is 8.58. The third-order valence-electron chi connectivity index (χ3n) is 2.34. The molecule has 0 aliphatic carbocycles. The van der Waals surface area contributed by atoms with E-state index in [0.29, 0.717) is 12.0 Å². The van der Waals surface area contributed by atoms with Crippen molar-refractivity contribution >= 4 is 5.97 Å². The van der Waals surface area contributed by atoms with Crippen molar-refractivity contribution in [2.45, 2.75) is 39.7 Å². The molecule has 3 nitrogen and oxygen atoms in total. The van der Waals surface area contributed by atoms with E-state index in [0.717, 1.165) is 18.9 Å². The topological polar surface area (TPSA) is 49.3 Å². The Balaban J connectivity index is 3.84. The molecule has 2 N–H and O–H groups in total. The molecular weight excluding hydrogens is 166 g/mol. The minimum atomic E-state index is -0.913. The van der Waals surface area contributed by atoms with Crippen LogP contribution in [0.1, 0.15) is 33.6 Å². The van der Waals surface area contributed by atoms with Crippen molar-refractivity contribution in [3.8, 4) is 0 Å². The molecule has 1 unspecified atom stereocenters. The van der Waals surface area contributed by atoms with Gasteiger partial charge in [0.15, 0.2) is 0 Å². The van der Waals surface area contributed by atoms with Gasteiger partial charge in [0.2, 0.25) is 0 Å². The van der Waals surface area contributed by atoms with Gasteiger partial charge in [0.25, 0.3) is 0 Å². The Bertz CT molecular complexity index is 174. The van der Waals surface area contributed by atoms with Gasteiger partial charge in [0.1, 0.15) is 0 Å². The van der Waals surface area contributed by atoms with Crippen LogP contribution in [0.3, 0.4) is 0 Å². The minimum absolute atomic E-state index is 0.339. The van der Waals surface area contributed by atoms with Gasteiger partial charge in [-0.15, -0.1) is 0 Å². The third-order valence-corrected chi connectivity index (χ3v) is 2.34. The first-order chi connectivity index (χ1) is 6.11. The molecule has 0 saturated heterocycles. The standard InChI is InChI=1S/C10H19NO2/c1-4-9(5-2)8(3)11-7-6-10(12)13/h6-9,11H,4-5H2,1-3H3,(H,12,13)/b7-6+. The lowest BCUT2D eigenvalue weighted by molar-refractivity contribution is -0.131. The van der Waals surface area contributed by atoms with Crippen LogP contribution in [0.15, 0.2) is 12.3 Å². The number of carbonyl (C=O) groups is 1. The molecule has 0 amide bonds. The molecule has 0 rings (SSSR count). The molecule has 0 aromatic carbocycles. The second kappa shape index (κ2) is 6.52. The van der Waals surface area contributed by atoms with Crippen molar-refractivity contribution in [1.82, 2.24) is 5.32 Å². The fourth-order valence-corrected chi connectivity index (χ4v) is 1.40. The van der Waals surface area contributed by atoms with Crippen molar-refractivity contribution in [2.24, 2.45) is 5.92 Å². The van der Waals surface area contributed by atoms with Gasteiger partial charge in [-0.25, -0.2) is 4.79 Å². The van der Waals surface area contributed by atoms with Crippen molar-refractivity contribution in [3.05, 3.63) is 12.3 Å². The Kier molecular flexibility index (Phi) is 6.02. The van der Waals surface area contributed by atoms with E-state index < -0.39 is 5.97 Å². The summed E-state index contributed by atoms with van der Waals surface area (Å²) in [7, 11) is 0. The molecule has 76 valence electrons. The number of hydrogen-bond acceptors (Lipinski definition) is 2. The highest BCUT2D eigenvalue weighted by Gasteiger charge is 2.10. The summed E-state index contributed by atoms with van der Waals surface area (Å²) < 4.78 is 0. The molecular formula is C10H19NO2. The number of aliphatic carboxylic acids is 1. The van der Waals surface area contributed by atoms with Gasteiger partial charge in [-0.1, -0.05) is 26.7 Å². The van der Waals surface area contributed by atoms with E-state index in [2.05, 4.69) is 26.1 Å². The summed E-state index contributed by atoms with van der Waals surface area (Å²) >= 11 is 0. The lowest BCUT2D eigenvalue weighted by Gasteiger charge is -2.21. The second-order valence-electron chi connectivity index (χ2n) is 3.20. The maximum absolute atomic E-state index is 10.2. The number of hydrogen-bond donors (Lipinski definition) is 2. The summed E-state index contributed by atoms with van der Waals surface area (Å²) in [6.07, 6.45) is 4.86. The summed E-state index contributed by atoms with van der Waals surface area (Å²) in [5, 5.41) is 11.4. The molecule has 0 radical (unpaired) electrons. The SMILES string of the molecule is CCC(CC)C(C)N/C=C/C(=O)O. The molecule has 0 aliphatic rings. The Morgan fingerprint density at radius 3 is 2.38 bits per heavy atom. The van der Waals surface area contributed by atoms with Crippen molar-refractivity contribution in [1.29, 1.82) is 0 Å². The predicted octanol–water partition coefficient (Wildman–Crippen LogP) is 2.00. The molecule has 0 aromatic rings. The molecule has 0 fully saturated rings. The summed E-state index contributed by atoms with van der Waals surface area (Å²) in [6, 6.07) is 0.339. The lowest BCUT2D eigenvalue weighted by Crippen LogP contribution is -2.29. The Hall–Kier alpha value is -0.990. The van der Waals surface area contributed by atoms with Gasteiger partial charge in [-0.05, 0) is 12.8 Å². The zero-order valence-electron chi connectivity index (χ0n) is 8.58. The minimum Gasteiger partial charge on any atom is -0.478 e. The van der Waals surface area contributed by atoms with E-state index in [-0.39, 0.29) is 0 Å². The molecule has 0 heterocycles. The largest absolute Gasteiger partial charge is 0.478 e. The summed E-state index contributed by atoms with van der Waals surface area (Å²) in [6.45, 7) is 6.37. The monoisotopic (exact) mass is 185 g/mol. The van der Waals surface area contributed by atoms with Crippen LogP contribution in [0, 0.1) is 5.92 Å². The van der Waals surface area contributed by atoms with Gasteiger partial charge in [0, 0.05) is 18.3 Å². The smallest absolute Gasteiger partial charge is 0.329 e. The molecule has 13 heavy (non-hydrogen) atoms. The normalized spacial score (nSPS) is 13.5. The van der Waals surface area contributed by atoms with Crippen LogP contribution in [0.25, 0.3) is 0 Å². The van der Waals surface area contributed by atoms with Crippen LogP contribution in [0.5, 0.6) is 0 Å². The first kappa shape index (κ1) is 12.0. The van der Waals surface area contributed by atoms with Gasteiger partial charge < -0.3 is 10.4 Å². The first-order valence-corrected chi connectivity index (χ1v) is 4.77. The highest BCUT2D eigenvalue weighted by Crippen LogP contribution is 2.12. The Morgan fingerprint density at radius 1 is 1.46 bits per heavy atom. The van der Waals surface area contributed by atoms with Crippen LogP contribution in [0.2, 0.25) is 0 Å². The van der Waals surface area contributed by atoms with Crippen LogP contribution in [0.4, 0.5) is 0 Å². The molecule has 3 heteroatoms. The van der Waals surface area contributed by atoms with Crippen molar-refractivity contribution < 1.29 is 9.90 Å². The number of carboxylic acid groups (broad SMARTS) is 1. The van der Waals surface area contributed by atoms with Crippen LogP contribution >= 0.6 is 0 Å². The number of nitrogens with one attached hydrogen (secondary N) is 1. The maximum Gasteiger partial charge on any atom is 0.329 e. The fraction of sp³-hybridized carbons (Fsp3) is 0.700. The quantitative estimate of drug-likeness (QED) is 0.622. The molecule has 0 bridgehead atoms. The van der Waals surface area contributed by atoms with E-state index in [4.69, 9.17) is 5.11 Å². The number of rotatable bonds is 6. The summed E-state index contributed by atoms with van der Waals surface area (Å²) in [4.78, 5) is 10.2. The average molecular weight is 185 g/mol. The maximum atomic E-state index is 10.2. The highest BCUT2D eigenvalue weighted by atomic mass is 16.4. The second-order valence-corrected chi connectivity index (χ2v) is 3.20. The van der Waals surface area contributed by atoms with Gasteiger partial charge in [-0.3, -0.25) is 0 Å². The summed E-state index contributed by atoms with van der Waals surface area (Å²) in [5.41, 5.74) is 0. The highest BCUT2D eigenvalue weighted by molar-refractivity contribution is 5.79. The molecule has 0 spiro atoms. The predicted molar refractivity (Wildman–Crippen MR) is 53.4 cm³/mol. The summed E-state index contributed by atoms with van der Waals surface area (Å²) in [5.74, 6) is -0.303. The van der Waals surface area contributed by atoms with Gasteiger partial charge >= 0.3 is 5.97 Å². The fourth-order valence-electron chi connectivity index (χ4n) is 1.40. The van der Waals surface area contributed by atoms with E-state index in [1.54, 1.807) is 0 Å². The number of carboxylic acids is 1. The van der Waals surface area contributed by atoms with Gasteiger partial charge in [-0.2, -0.15) is 0 Å². The van der Waals surface area contributed by atoms with Crippen LogP contribution in [-0.4, -0.2) is 17.1 Å². The lowest BCUT2D eigenvalue weighted by atomic mass is 9.96. The first-order valence-electron chi connectivity index (χ1n) is 4.77. The van der Waals surface area contributed by atoms with E-state index in [9.17, 15) is 4.79 Å². The average Bonchev–Trinajstić information content (AvgIpc) is 2.05. The third kappa shape index (κ3) is 5.28. The van der Waals surface area contributed by atoms with Crippen molar-refractivity contribution in [2.75, 3.05) is 0 Å². The van der Waals surface area contributed by atoms with Gasteiger partial charge in [0.05, 0.1) is 0 Å². The Labute approximate surface area is 79.8 Å². The van der Waals surface area contributed by atoms with E-state index in [1.807, 2.05) is 0 Å². The molecule has 0 aromatic heterocycles. The molecule has 0 aliphatic heterocycles. The zero-order chi connectivity index (χ0) is 10.3. The molecule has 1 atom stereocenters.